The van der Waals surface area contributed by atoms with Gasteiger partial charge in [0.2, 0.25) is 5.88 Å². The normalized spacial score (nSPS) is 10.7. The molecule has 0 amide bonds. The Hall–Kier alpha value is -2.91. The number of fused-ring (bicyclic) bond motifs is 1. The number of rotatable bonds is 3. The highest BCUT2D eigenvalue weighted by Gasteiger charge is 2.12. The molecule has 0 aliphatic carbocycles. The molecule has 1 heterocycles. The Labute approximate surface area is 144 Å². The van der Waals surface area contributed by atoms with E-state index in [0.717, 1.165) is 22.0 Å². The Morgan fingerprint density at radius 1 is 0.667 bits per heavy atom. The molecule has 0 unspecified atom stereocenters. The summed E-state index contributed by atoms with van der Waals surface area (Å²) in [6.45, 7) is 0. The molecular formula is C20H13ClN2O. The molecule has 0 spiro atoms. The van der Waals surface area contributed by atoms with Crippen LogP contribution in [-0.2, 0) is 0 Å². The van der Waals surface area contributed by atoms with Crippen molar-refractivity contribution in [3.05, 3.63) is 83.9 Å². The van der Waals surface area contributed by atoms with Gasteiger partial charge in [-0.2, -0.15) is 0 Å². The highest BCUT2D eigenvalue weighted by atomic mass is 35.5. The Balaban J connectivity index is 1.82. The zero-order valence-corrected chi connectivity index (χ0v) is 13.4. The summed E-state index contributed by atoms with van der Waals surface area (Å²) in [5.74, 6) is 1.15. The fourth-order valence-electron chi connectivity index (χ4n) is 2.58. The minimum atomic E-state index is 0.479. The number of halogens is 1. The second kappa shape index (κ2) is 6.30. The third-order valence-corrected chi connectivity index (χ3v) is 3.98. The molecule has 4 aromatic rings. The minimum Gasteiger partial charge on any atom is -0.437 e. The summed E-state index contributed by atoms with van der Waals surface area (Å²) in [7, 11) is 0. The van der Waals surface area contributed by atoms with Crippen LogP contribution in [0.4, 0.5) is 0 Å². The van der Waals surface area contributed by atoms with Crippen molar-refractivity contribution in [3.63, 3.8) is 0 Å². The van der Waals surface area contributed by atoms with Crippen LogP contribution in [0, 0.1) is 0 Å². The number of hydrogen-bond acceptors (Lipinski definition) is 3. The topological polar surface area (TPSA) is 35.0 Å². The zero-order chi connectivity index (χ0) is 16.4. The number of nitrogens with zero attached hydrogens (tertiary/aromatic N) is 2. The van der Waals surface area contributed by atoms with E-state index in [4.69, 9.17) is 16.3 Å². The van der Waals surface area contributed by atoms with Gasteiger partial charge in [-0.05, 0) is 30.3 Å². The molecule has 0 aliphatic heterocycles. The van der Waals surface area contributed by atoms with Crippen molar-refractivity contribution in [2.45, 2.75) is 0 Å². The first kappa shape index (κ1) is 14.7. The van der Waals surface area contributed by atoms with Gasteiger partial charge in [-0.1, -0.05) is 60.1 Å². The lowest BCUT2D eigenvalue weighted by Crippen LogP contribution is -1.95. The second-order valence-corrected chi connectivity index (χ2v) is 5.76. The lowest BCUT2D eigenvalue weighted by molar-refractivity contribution is 0.462. The first-order valence-corrected chi connectivity index (χ1v) is 7.93. The molecule has 0 atom stereocenters. The first-order chi connectivity index (χ1) is 11.8. The van der Waals surface area contributed by atoms with E-state index in [-0.39, 0.29) is 0 Å². The van der Waals surface area contributed by atoms with Crippen molar-refractivity contribution >= 4 is 22.4 Å². The summed E-state index contributed by atoms with van der Waals surface area (Å²) in [5.41, 5.74) is 1.87. The summed E-state index contributed by atoms with van der Waals surface area (Å²) in [6, 6.07) is 25.2. The average molecular weight is 333 g/mol. The lowest BCUT2D eigenvalue weighted by Gasteiger charge is -2.10. The maximum atomic E-state index is 5.91. The van der Waals surface area contributed by atoms with Crippen LogP contribution in [0.5, 0.6) is 11.6 Å². The van der Waals surface area contributed by atoms with Crippen molar-refractivity contribution < 1.29 is 4.74 Å². The molecule has 0 bridgehead atoms. The van der Waals surface area contributed by atoms with Gasteiger partial charge in [0.25, 0.3) is 0 Å². The van der Waals surface area contributed by atoms with E-state index in [1.54, 1.807) is 12.1 Å². The molecule has 3 nitrogen and oxygen atoms in total. The van der Waals surface area contributed by atoms with Crippen molar-refractivity contribution in [3.8, 4) is 22.9 Å². The van der Waals surface area contributed by atoms with Crippen LogP contribution in [-0.4, -0.2) is 10.2 Å². The first-order valence-electron chi connectivity index (χ1n) is 7.55. The van der Waals surface area contributed by atoms with E-state index < -0.39 is 0 Å². The molecule has 0 fully saturated rings. The molecular weight excluding hydrogens is 320 g/mol. The number of benzene rings is 3. The molecule has 0 radical (unpaired) electrons. The molecule has 4 rings (SSSR count). The van der Waals surface area contributed by atoms with Crippen LogP contribution >= 0.6 is 11.6 Å². The fraction of sp³-hybridized carbons (Fsp3) is 0. The highest BCUT2D eigenvalue weighted by molar-refractivity contribution is 6.30. The Morgan fingerprint density at radius 3 is 2.08 bits per heavy atom. The third-order valence-electron chi connectivity index (χ3n) is 3.73. The lowest BCUT2D eigenvalue weighted by atomic mass is 10.1. The van der Waals surface area contributed by atoms with Gasteiger partial charge in [-0.15, -0.1) is 10.2 Å². The Kier molecular flexibility index (Phi) is 3.85. The van der Waals surface area contributed by atoms with Crippen molar-refractivity contribution in [1.29, 1.82) is 0 Å². The quantitative estimate of drug-likeness (QED) is 0.479. The SMILES string of the molecule is Clc1ccc(Oc2nnc(-c3ccccc3)c3ccccc23)cc1. The smallest absolute Gasteiger partial charge is 0.246 e. The molecule has 0 aliphatic rings. The number of ether oxygens (including phenoxy) is 1. The third kappa shape index (κ3) is 2.82. The molecule has 116 valence electrons. The summed E-state index contributed by atoms with van der Waals surface area (Å²) in [5, 5.41) is 11.3. The minimum absolute atomic E-state index is 0.479. The largest absolute Gasteiger partial charge is 0.437 e. The summed E-state index contributed by atoms with van der Waals surface area (Å²) in [6.07, 6.45) is 0. The van der Waals surface area contributed by atoms with Crippen molar-refractivity contribution in [1.82, 2.24) is 10.2 Å². The molecule has 0 saturated carbocycles. The molecule has 4 heteroatoms. The predicted octanol–water partition coefficient (Wildman–Crippen LogP) is 5.74. The van der Waals surface area contributed by atoms with Gasteiger partial charge >= 0.3 is 0 Å². The Morgan fingerprint density at radius 2 is 1.33 bits per heavy atom. The van der Waals surface area contributed by atoms with Crippen LogP contribution in [0.3, 0.4) is 0 Å². The highest BCUT2D eigenvalue weighted by Crippen LogP contribution is 2.33. The van der Waals surface area contributed by atoms with E-state index >= 15 is 0 Å². The molecule has 0 N–H and O–H groups in total. The van der Waals surface area contributed by atoms with E-state index in [1.165, 1.54) is 0 Å². The van der Waals surface area contributed by atoms with Crippen LogP contribution in [0.2, 0.25) is 5.02 Å². The number of aromatic nitrogens is 2. The second-order valence-electron chi connectivity index (χ2n) is 5.32. The predicted molar refractivity (Wildman–Crippen MR) is 96.5 cm³/mol. The molecule has 0 saturated heterocycles. The molecule has 1 aromatic heterocycles. The van der Waals surface area contributed by atoms with Gasteiger partial charge in [-0.25, -0.2) is 0 Å². The molecule has 24 heavy (non-hydrogen) atoms. The zero-order valence-electron chi connectivity index (χ0n) is 12.7. The monoisotopic (exact) mass is 332 g/mol. The van der Waals surface area contributed by atoms with E-state index in [2.05, 4.69) is 10.2 Å². The maximum absolute atomic E-state index is 5.91. The van der Waals surface area contributed by atoms with Crippen LogP contribution in [0.15, 0.2) is 78.9 Å². The van der Waals surface area contributed by atoms with E-state index in [9.17, 15) is 0 Å². The van der Waals surface area contributed by atoms with Crippen molar-refractivity contribution in [2.24, 2.45) is 0 Å². The summed E-state index contributed by atoms with van der Waals surface area (Å²) in [4.78, 5) is 0. The fourth-order valence-corrected chi connectivity index (χ4v) is 2.70. The van der Waals surface area contributed by atoms with E-state index in [0.29, 0.717) is 16.7 Å². The van der Waals surface area contributed by atoms with Gasteiger partial charge < -0.3 is 4.74 Å². The average Bonchev–Trinajstić information content (AvgIpc) is 2.64. The van der Waals surface area contributed by atoms with Crippen LogP contribution in [0.1, 0.15) is 0 Å². The molecule has 3 aromatic carbocycles. The van der Waals surface area contributed by atoms with Crippen LogP contribution < -0.4 is 4.74 Å². The van der Waals surface area contributed by atoms with Crippen LogP contribution in [0.25, 0.3) is 22.0 Å². The number of hydrogen-bond donors (Lipinski definition) is 0. The summed E-state index contributed by atoms with van der Waals surface area (Å²) < 4.78 is 5.91. The maximum Gasteiger partial charge on any atom is 0.246 e. The van der Waals surface area contributed by atoms with Crippen molar-refractivity contribution in [2.75, 3.05) is 0 Å². The van der Waals surface area contributed by atoms with E-state index in [1.807, 2.05) is 66.7 Å². The van der Waals surface area contributed by atoms with Gasteiger partial charge in [0.05, 0.1) is 0 Å². The Bertz CT molecular complexity index is 985. The van der Waals surface area contributed by atoms with Gasteiger partial charge in [0.1, 0.15) is 11.4 Å². The van der Waals surface area contributed by atoms with Gasteiger partial charge in [0, 0.05) is 21.4 Å². The van der Waals surface area contributed by atoms with Gasteiger partial charge in [0.15, 0.2) is 0 Å². The summed E-state index contributed by atoms with van der Waals surface area (Å²) >= 11 is 5.91. The van der Waals surface area contributed by atoms with Gasteiger partial charge in [-0.3, -0.25) is 0 Å². The standard InChI is InChI=1S/C20H13ClN2O/c21-15-10-12-16(13-11-15)24-20-18-9-5-4-8-17(18)19(22-23-20)14-6-2-1-3-7-14/h1-13H.